The van der Waals surface area contributed by atoms with Crippen LogP contribution < -0.4 is 5.32 Å². The Morgan fingerprint density at radius 3 is 3.14 bits per heavy atom. The Morgan fingerprint density at radius 2 is 2.19 bits per heavy atom. The van der Waals surface area contributed by atoms with E-state index in [-0.39, 0.29) is 0 Å². The molecule has 0 radical (unpaired) electrons. The number of tetrazole rings is 1. The van der Waals surface area contributed by atoms with E-state index in [1.807, 2.05) is 17.0 Å². The molecule has 8 nitrogen and oxygen atoms in total. The fourth-order valence-corrected chi connectivity index (χ4v) is 2.51. The Labute approximate surface area is 122 Å². The predicted octanol–water partition coefficient (Wildman–Crippen LogP) is 0.724. The number of rotatable bonds is 5. The number of nitrogens with one attached hydrogen (secondary N) is 1. The second-order valence-corrected chi connectivity index (χ2v) is 5.22. The van der Waals surface area contributed by atoms with E-state index in [0.29, 0.717) is 18.0 Å². The van der Waals surface area contributed by atoms with Gasteiger partial charge in [0.2, 0.25) is 5.91 Å². The zero-order valence-corrected chi connectivity index (χ0v) is 11.9. The molecule has 21 heavy (non-hydrogen) atoms. The quantitative estimate of drug-likeness (QED) is 0.816. The lowest BCUT2D eigenvalue weighted by Crippen LogP contribution is -2.32. The van der Waals surface area contributed by atoms with Crippen molar-refractivity contribution < 1.29 is 4.79 Å². The number of likely N-dealkylation sites (tertiary alicyclic amines) is 1. The molecule has 0 aliphatic carbocycles. The number of fused-ring (bicyclic) bond motifs is 1. The van der Waals surface area contributed by atoms with Gasteiger partial charge in [-0.3, -0.25) is 4.79 Å². The van der Waals surface area contributed by atoms with Crippen molar-refractivity contribution in [2.24, 2.45) is 0 Å². The summed E-state index contributed by atoms with van der Waals surface area (Å²) in [5.41, 5.74) is 0.621. The lowest BCUT2D eigenvalue weighted by Gasteiger charge is -2.20. The summed E-state index contributed by atoms with van der Waals surface area (Å²) in [6, 6.07) is 3.66. The molecule has 1 saturated heterocycles. The summed E-state index contributed by atoms with van der Waals surface area (Å²) >= 11 is 0. The van der Waals surface area contributed by atoms with E-state index in [0.717, 1.165) is 51.1 Å². The van der Waals surface area contributed by atoms with E-state index < -0.39 is 0 Å². The van der Waals surface area contributed by atoms with Gasteiger partial charge in [-0.1, -0.05) is 6.42 Å². The van der Waals surface area contributed by atoms with E-state index in [1.165, 1.54) is 4.63 Å². The highest BCUT2D eigenvalue weighted by Gasteiger charge is 2.15. The fourth-order valence-electron chi connectivity index (χ4n) is 2.51. The second kappa shape index (κ2) is 6.47. The number of carbonyl (C=O) groups is 1. The summed E-state index contributed by atoms with van der Waals surface area (Å²) in [4.78, 5) is 13.8. The van der Waals surface area contributed by atoms with Gasteiger partial charge in [0.15, 0.2) is 5.65 Å². The van der Waals surface area contributed by atoms with Crippen molar-refractivity contribution in [3.8, 4) is 0 Å². The van der Waals surface area contributed by atoms with Gasteiger partial charge >= 0.3 is 0 Å². The topological polar surface area (TPSA) is 88.3 Å². The van der Waals surface area contributed by atoms with Gasteiger partial charge in [-0.2, -0.15) is 0 Å². The summed E-state index contributed by atoms with van der Waals surface area (Å²) in [5, 5.41) is 18.6. The van der Waals surface area contributed by atoms with Crippen LogP contribution in [0.2, 0.25) is 0 Å². The molecule has 1 N–H and O–H groups in total. The number of aromatic nitrogens is 5. The highest BCUT2D eigenvalue weighted by molar-refractivity contribution is 5.76. The van der Waals surface area contributed by atoms with Gasteiger partial charge in [0.05, 0.1) is 0 Å². The van der Waals surface area contributed by atoms with Crippen molar-refractivity contribution in [3.05, 3.63) is 12.1 Å². The molecule has 8 heteroatoms. The lowest BCUT2D eigenvalue weighted by molar-refractivity contribution is -0.130. The van der Waals surface area contributed by atoms with Gasteiger partial charge in [-0.25, -0.2) is 0 Å². The zero-order valence-electron chi connectivity index (χ0n) is 11.9. The van der Waals surface area contributed by atoms with Crippen LogP contribution in [0.4, 0.5) is 5.82 Å². The molecule has 1 aliphatic rings. The Hall–Kier alpha value is -2.25. The smallest absolute Gasteiger partial charge is 0.222 e. The number of hydrogen-bond acceptors (Lipinski definition) is 6. The summed E-state index contributed by atoms with van der Waals surface area (Å²) in [5.74, 6) is 1.03. The maximum absolute atomic E-state index is 11.9. The van der Waals surface area contributed by atoms with E-state index in [4.69, 9.17) is 0 Å². The van der Waals surface area contributed by atoms with E-state index in [1.54, 1.807) is 0 Å². The molecule has 1 amide bonds. The molecule has 3 heterocycles. The number of hydrogen-bond donors (Lipinski definition) is 1. The molecular weight excluding hydrogens is 270 g/mol. The Morgan fingerprint density at radius 1 is 1.24 bits per heavy atom. The molecule has 0 unspecified atom stereocenters. The van der Waals surface area contributed by atoms with Gasteiger partial charge in [0.25, 0.3) is 0 Å². The Balaban J connectivity index is 1.46. The van der Waals surface area contributed by atoms with Gasteiger partial charge in [0, 0.05) is 26.1 Å². The Bertz CT molecular complexity index is 611. The summed E-state index contributed by atoms with van der Waals surface area (Å²) in [6.45, 7) is 2.47. The van der Waals surface area contributed by atoms with Crippen molar-refractivity contribution in [1.29, 1.82) is 0 Å². The molecule has 2 aromatic heterocycles. The third kappa shape index (κ3) is 3.45. The molecule has 112 valence electrons. The standard InChI is InChI=1S/C13H19N7O/c21-13-5-2-1-3-9-19(13)10-4-8-14-11-6-7-12-15-17-18-20(12)16-11/h6-7H,1-5,8-10H2,(H,14,16). The summed E-state index contributed by atoms with van der Waals surface area (Å²) in [6.07, 6.45) is 4.92. The molecule has 0 saturated carbocycles. The number of nitrogens with zero attached hydrogens (tertiary/aromatic N) is 6. The number of carbonyl (C=O) groups excluding carboxylic acids is 1. The molecule has 0 spiro atoms. The van der Waals surface area contributed by atoms with Crippen LogP contribution >= 0.6 is 0 Å². The fraction of sp³-hybridized carbons (Fsp3) is 0.615. The van der Waals surface area contributed by atoms with Gasteiger partial charge in [0.1, 0.15) is 5.82 Å². The molecule has 0 bridgehead atoms. The van der Waals surface area contributed by atoms with E-state index in [2.05, 4.69) is 25.9 Å². The van der Waals surface area contributed by atoms with Crippen LogP contribution in [0.25, 0.3) is 5.65 Å². The van der Waals surface area contributed by atoms with Crippen LogP contribution in [0.3, 0.4) is 0 Å². The van der Waals surface area contributed by atoms with Crippen molar-refractivity contribution in [2.45, 2.75) is 32.1 Å². The first-order valence-corrected chi connectivity index (χ1v) is 7.40. The third-order valence-corrected chi connectivity index (χ3v) is 3.65. The first kappa shape index (κ1) is 13.7. The van der Waals surface area contributed by atoms with Gasteiger partial charge in [-0.15, -0.1) is 14.8 Å². The van der Waals surface area contributed by atoms with Crippen molar-refractivity contribution in [2.75, 3.05) is 25.0 Å². The van der Waals surface area contributed by atoms with Crippen molar-refractivity contribution in [3.63, 3.8) is 0 Å². The zero-order chi connectivity index (χ0) is 14.5. The van der Waals surface area contributed by atoms with Crippen LogP contribution in [-0.4, -0.2) is 55.7 Å². The second-order valence-electron chi connectivity index (χ2n) is 5.22. The summed E-state index contributed by atoms with van der Waals surface area (Å²) < 4.78 is 1.39. The first-order valence-electron chi connectivity index (χ1n) is 7.40. The molecule has 3 rings (SSSR count). The Kier molecular flexibility index (Phi) is 4.23. The normalized spacial score (nSPS) is 16.2. The average Bonchev–Trinajstić information content (AvgIpc) is 2.86. The van der Waals surface area contributed by atoms with Gasteiger partial charge < -0.3 is 10.2 Å². The molecule has 1 fully saturated rings. The van der Waals surface area contributed by atoms with Crippen LogP contribution in [0, 0.1) is 0 Å². The predicted molar refractivity (Wildman–Crippen MR) is 76.7 cm³/mol. The first-order chi connectivity index (χ1) is 10.3. The van der Waals surface area contributed by atoms with Crippen LogP contribution in [0.1, 0.15) is 32.1 Å². The average molecular weight is 289 g/mol. The number of amides is 1. The highest BCUT2D eigenvalue weighted by Crippen LogP contribution is 2.11. The molecular formula is C13H19N7O. The maximum Gasteiger partial charge on any atom is 0.222 e. The molecule has 0 atom stereocenters. The van der Waals surface area contributed by atoms with Gasteiger partial charge in [-0.05, 0) is 41.8 Å². The lowest BCUT2D eigenvalue weighted by atomic mass is 10.2. The number of anilines is 1. The SMILES string of the molecule is O=C1CCCCCN1CCCNc1ccc2nnnn2n1. The van der Waals surface area contributed by atoms with Crippen molar-refractivity contribution in [1.82, 2.24) is 30.2 Å². The minimum atomic E-state index is 0.292. The highest BCUT2D eigenvalue weighted by atomic mass is 16.2. The minimum Gasteiger partial charge on any atom is -0.369 e. The van der Waals surface area contributed by atoms with Crippen LogP contribution in [-0.2, 0) is 4.79 Å². The largest absolute Gasteiger partial charge is 0.369 e. The van der Waals surface area contributed by atoms with E-state index in [9.17, 15) is 4.79 Å². The van der Waals surface area contributed by atoms with E-state index >= 15 is 0 Å². The van der Waals surface area contributed by atoms with Crippen LogP contribution in [0.15, 0.2) is 12.1 Å². The monoisotopic (exact) mass is 289 g/mol. The maximum atomic E-state index is 11.9. The summed E-state index contributed by atoms with van der Waals surface area (Å²) in [7, 11) is 0. The van der Waals surface area contributed by atoms with Crippen molar-refractivity contribution >= 4 is 17.4 Å². The molecule has 1 aliphatic heterocycles. The molecule has 2 aromatic rings. The van der Waals surface area contributed by atoms with Crippen LogP contribution in [0.5, 0.6) is 0 Å². The third-order valence-electron chi connectivity index (χ3n) is 3.65. The minimum absolute atomic E-state index is 0.292. The molecule has 0 aromatic carbocycles.